The predicted octanol–water partition coefficient (Wildman–Crippen LogP) is 4.92. The molecule has 0 aromatic heterocycles. The Bertz CT molecular complexity index is 1130. The van der Waals surface area contributed by atoms with Crippen LogP contribution in [0.1, 0.15) is 22.6 Å². The number of rotatable bonds is 3. The normalized spacial score (nSPS) is 17.5. The van der Waals surface area contributed by atoms with Crippen LogP contribution in [0.3, 0.4) is 0 Å². The molecule has 0 bridgehead atoms. The van der Waals surface area contributed by atoms with Gasteiger partial charge in [-0.05, 0) is 47.0 Å². The molecule has 1 N–H and O–H groups in total. The fourth-order valence-corrected chi connectivity index (χ4v) is 3.90. The molecule has 5 rings (SSSR count). The molecule has 0 saturated heterocycles. The van der Waals surface area contributed by atoms with Crippen molar-refractivity contribution in [1.29, 1.82) is 0 Å². The Morgan fingerprint density at radius 1 is 1.00 bits per heavy atom. The second-order valence-electron chi connectivity index (χ2n) is 7.24. The average Bonchev–Trinajstić information content (AvgIpc) is 3.26. The number of aliphatic imine (C=N–C) groups is 1. The van der Waals surface area contributed by atoms with Gasteiger partial charge in [0.05, 0.1) is 11.4 Å². The number of nitrogens with one attached hydrogen (secondary N) is 1. The molecule has 144 valence electrons. The average molecular weight is 389 g/mol. The lowest BCUT2D eigenvalue weighted by Gasteiger charge is -2.18. The van der Waals surface area contributed by atoms with Crippen molar-refractivity contribution in [2.75, 3.05) is 10.2 Å². The Kier molecular flexibility index (Phi) is 4.12. The summed E-state index contributed by atoms with van der Waals surface area (Å²) in [4.78, 5) is 18.4. The SMILES string of the molecule is O=C1Nc2ccc(F)cc2C1C=Nc1ccc(N2Cc3ccccc3C2)c(F)c1. The summed E-state index contributed by atoms with van der Waals surface area (Å²) in [5.41, 5.74) is 4.43. The molecular formula is C23H17F2N3O. The van der Waals surface area contributed by atoms with Crippen molar-refractivity contribution < 1.29 is 13.6 Å². The molecule has 0 aliphatic carbocycles. The van der Waals surface area contributed by atoms with Gasteiger partial charge in [-0.3, -0.25) is 9.79 Å². The lowest BCUT2D eigenvalue weighted by atomic mass is 10.0. The van der Waals surface area contributed by atoms with E-state index in [1.54, 1.807) is 12.1 Å². The quantitative estimate of drug-likeness (QED) is 0.646. The number of anilines is 2. The number of carbonyl (C=O) groups excluding carboxylic acids is 1. The molecule has 2 aliphatic heterocycles. The molecule has 2 aliphatic rings. The second kappa shape index (κ2) is 6.81. The number of carbonyl (C=O) groups is 1. The van der Waals surface area contributed by atoms with Crippen LogP contribution in [0.25, 0.3) is 0 Å². The number of nitrogens with zero attached hydrogens (tertiary/aromatic N) is 2. The van der Waals surface area contributed by atoms with Crippen LogP contribution in [0.15, 0.2) is 65.7 Å². The van der Waals surface area contributed by atoms with Gasteiger partial charge in [-0.25, -0.2) is 8.78 Å². The van der Waals surface area contributed by atoms with E-state index in [1.807, 2.05) is 17.0 Å². The number of benzene rings is 3. The first-order valence-corrected chi connectivity index (χ1v) is 9.34. The van der Waals surface area contributed by atoms with Crippen LogP contribution in [-0.4, -0.2) is 12.1 Å². The molecule has 3 aromatic carbocycles. The van der Waals surface area contributed by atoms with Crippen LogP contribution in [0.2, 0.25) is 0 Å². The van der Waals surface area contributed by atoms with Crippen LogP contribution in [0.4, 0.5) is 25.8 Å². The van der Waals surface area contributed by atoms with Gasteiger partial charge in [-0.1, -0.05) is 24.3 Å². The van der Waals surface area contributed by atoms with Gasteiger partial charge in [-0.2, -0.15) is 0 Å². The minimum Gasteiger partial charge on any atom is -0.360 e. The minimum absolute atomic E-state index is 0.277. The zero-order valence-corrected chi connectivity index (χ0v) is 15.4. The standard InChI is InChI=1S/C23H17F2N3O/c24-16-5-7-21-18(9-16)19(23(29)27-21)11-26-17-6-8-22(20(25)10-17)28-12-14-3-1-2-4-15(14)13-28/h1-11,19H,12-13H2,(H,27,29). The fourth-order valence-electron chi connectivity index (χ4n) is 3.90. The molecular weight excluding hydrogens is 372 g/mol. The van der Waals surface area contributed by atoms with Crippen LogP contribution in [0, 0.1) is 11.6 Å². The smallest absolute Gasteiger partial charge is 0.237 e. The highest BCUT2D eigenvalue weighted by Gasteiger charge is 2.29. The zero-order chi connectivity index (χ0) is 20.0. The fraction of sp³-hybridized carbons (Fsp3) is 0.130. The first-order chi connectivity index (χ1) is 14.1. The van der Waals surface area contributed by atoms with E-state index in [0.29, 0.717) is 35.7 Å². The van der Waals surface area contributed by atoms with Crippen LogP contribution < -0.4 is 10.2 Å². The predicted molar refractivity (Wildman–Crippen MR) is 109 cm³/mol. The van der Waals surface area contributed by atoms with Gasteiger partial charge < -0.3 is 10.2 Å². The van der Waals surface area contributed by atoms with Crippen LogP contribution in [-0.2, 0) is 17.9 Å². The number of fused-ring (bicyclic) bond motifs is 2. The summed E-state index contributed by atoms with van der Waals surface area (Å²) in [6.45, 7) is 1.33. The maximum atomic E-state index is 14.7. The minimum atomic E-state index is -0.698. The third-order valence-electron chi connectivity index (χ3n) is 5.37. The van der Waals surface area contributed by atoms with Crippen molar-refractivity contribution in [1.82, 2.24) is 0 Å². The van der Waals surface area contributed by atoms with Gasteiger partial charge in [0.25, 0.3) is 0 Å². The van der Waals surface area contributed by atoms with E-state index in [-0.39, 0.29) is 11.7 Å². The van der Waals surface area contributed by atoms with E-state index in [0.717, 1.165) is 0 Å². The second-order valence-corrected chi connectivity index (χ2v) is 7.24. The number of hydrogen-bond donors (Lipinski definition) is 1. The summed E-state index contributed by atoms with van der Waals surface area (Å²) in [5, 5.41) is 2.70. The van der Waals surface area contributed by atoms with Crippen molar-refractivity contribution >= 4 is 29.2 Å². The number of hydrogen-bond acceptors (Lipinski definition) is 3. The lowest BCUT2D eigenvalue weighted by molar-refractivity contribution is -0.115. The molecule has 1 amide bonds. The van der Waals surface area contributed by atoms with E-state index in [9.17, 15) is 13.6 Å². The van der Waals surface area contributed by atoms with Crippen molar-refractivity contribution in [2.24, 2.45) is 4.99 Å². The Hall–Kier alpha value is -3.54. The maximum absolute atomic E-state index is 14.7. The molecule has 1 atom stereocenters. The third-order valence-corrected chi connectivity index (χ3v) is 5.37. The van der Waals surface area contributed by atoms with E-state index in [1.165, 1.54) is 41.6 Å². The molecule has 1 unspecified atom stereocenters. The largest absolute Gasteiger partial charge is 0.360 e. The monoisotopic (exact) mass is 389 g/mol. The highest BCUT2D eigenvalue weighted by molar-refractivity contribution is 6.12. The Labute approximate surface area is 166 Å². The molecule has 3 aromatic rings. The van der Waals surface area contributed by atoms with Gasteiger partial charge in [0.15, 0.2) is 0 Å². The van der Waals surface area contributed by atoms with Gasteiger partial charge in [-0.15, -0.1) is 0 Å². The Morgan fingerprint density at radius 2 is 1.76 bits per heavy atom. The first kappa shape index (κ1) is 17.6. The molecule has 2 heterocycles. The highest BCUT2D eigenvalue weighted by Crippen LogP contribution is 2.34. The van der Waals surface area contributed by atoms with Crippen molar-refractivity contribution in [3.8, 4) is 0 Å². The van der Waals surface area contributed by atoms with Gasteiger partial charge in [0, 0.05) is 31.1 Å². The highest BCUT2D eigenvalue weighted by atomic mass is 19.1. The van der Waals surface area contributed by atoms with Crippen LogP contribution in [0.5, 0.6) is 0 Å². The van der Waals surface area contributed by atoms with Gasteiger partial charge >= 0.3 is 0 Å². The molecule has 0 saturated carbocycles. The van der Waals surface area contributed by atoms with Gasteiger partial charge in [0.2, 0.25) is 5.91 Å². The molecule has 29 heavy (non-hydrogen) atoms. The molecule has 0 fully saturated rings. The summed E-state index contributed by atoms with van der Waals surface area (Å²) >= 11 is 0. The van der Waals surface area contributed by atoms with Crippen LogP contribution >= 0.6 is 0 Å². The van der Waals surface area contributed by atoms with Crippen molar-refractivity contribution in [3.63, 3.8) is 0 Å². The maximum Gasteiger partial charge on any atom is 0.237 e. The van der Waals surface area contributed by atoms with Gasteiger partial charge in [0.1, 0.15) is 17.6 Å². The summed E-state index contributed by atoms with van der Waals surface area (Å²) in [6.07, 6.45) is 1.43. The number of halogens is 2. The van der Waals surface area contributed by atoms with Crippen molar-refractivity contribution in [2.45, 2.75) is 19.0 Å². The molecule has 0 spiro atoms. The summed E-state index contributed by atoms with van der Waals surface area (Å²) in [5.74, 6) is -1.76. The summed E-state index contributed by atoms with van der Waals surface area (Å²) in [6, 6.07) is 17.0. The lowest BCUT2D eigenvalue weighted by Crippen LogP contribution is -2.15. The van der Waals surface area contributed by atoms with Crippen molar-refractivity contribution in [3.05, 3.63) is 89.0 Å². The Balaban J connectivity index is 1.37. The van der Waals surface area contributed by atoms with E-state index in [4.69, 9.17) is 0 Å². The Morgan fingerprint density at radius 3 is 2.48 bits per heavy atom. The van der Waals surface area contributed by atoms with E-state index >= 15 is 0 Å². The van der Waals surface area contributed by atoms with E-state index < -0.39 is 11.7 Å². The number of amides is 1. The molecule has 0 radical (unpaired) electrons. The summed E-state index contributed by atoms with van der Waals surface area (Å²) in [7, 11) is 0. The van der Waals surface area contributed by atoms with E-state index in [2.05, 4.69) is 22.4 Å². The molecule has 6 heteroatoms. The first-order valence-electron chi connectivity index (χ1n) is 9.34. The topological polar surface area (TPSA) is 44.7 Å². The zero-order valence-electron chi connectivity index (χ0n) is 15.4. The summed E-state index contributed by atoms with van der Waals surface area (Å²) < 4.78 is 28.3. The third kappa shape index (κ3) is 3.16. The molecule has 4 nitrogen and oxygen atoms in total.